The Bertz CT molecular complexity index is 1240. The average molecular weight is 412 g/mol. The Morgan fingerprint density at radius 3 is 2.53 bits per heavy atom. The largest absolute Gasteiger partial charge is 0.350 e. The molecule has 0 saturated carbocycles. The van der Waals surface area contributed by atoms with E-state index in [1.807, 2.05) is 48.7 Å². The summed E-state index contributed by atoms with van der Waals surface area (Å²) in [6.45, 7) is 1.45. The van der Waals surface area contributed by atoms with Crippen LogP contribution in [0.3, 0.4) is 0 Å². The number of hydrogen-bond donors (Lipinski definition) is 1. The fourth-order valence-corrected chi connectivity index (χ4v) is 4.31. The standard InChI is InChI=1S/C24H21N5S/c1-2-8-18(9-3-1)23-27-20(17-30-23)16-26-24-28-21-11-4-5-12-22(21)29(24)15-13-19-10-6-7-14-25-19/h1-12,14,17H,13,15-16H2,(H,26,28). The van der Waals surface area contributed by atoms with Gasteiger partial charge in [-0.05, 0) is 24.3 Å². The number of benzene rings is 2. The van der Waals surface area contributed by atoms with Crippen LogP contribution in [0.1, 0.15) is 11.4 Å². The highest BCUT2D eigenvalue weighted by molar-refractivity contribution is 7.13. The number of para-hydroxylation sites is 2. The van der Waals surface area contributed by atoms with Gasteiger partial charge in [-0.2, -0.15) is 0 Å². The second kappa shape index (κ2) is 8.47. The van der Waals surface area contributed by atoms with E-state index in [4.69, 9.17) is 9.97 Å². The molecular formula is C24H21N5S. The Morgan fingerprint density at radius 1 is 0.833 bits per heavy atom. The van der Waals surface area contributed by atoms with Crippen molar-refractivity contribution in [2.75, 3.05) is 5.32 Å². The van der Waals surface area contributed by atoms with Gasteiger partial charge in [-0.25, -0.2) is 9.97 Å². The Balaban J connectivity index is 1.36. The molecule has 5 rings (SSSR count). The number of nitrogens with one attached hydrogen (secondary N) is 1. The lowest BCUT2D eigenvalue weighted by Crippen LogP contribution is -2.10. The third-order valence-corrected chi connectivity index (χ3v) is 5.91. The van der Waals surface area contributed by atoms with Crippen LogP contribution in [0.4, 0.5) is 5.95 Å². The van der Waals surface area contributed by atoms with Gasteiger partial charge >= 0.3 is 0 Å². The number of pyridine rings is 1. The van der Waals surface area contributed by atoms with E-state index < -0.39 is 0 Å². The van der Waals surface area contributed by atoms with Gasteiger partial charge in [0.15, 0.2) is 0 Å². The number of imidazole rings is 1. The van der Waals surface area contributed by atoms with Crippen molar-refractivity contribution in [2.24, 2.45) is 0 Å². The van der Waals surface area contributed by atoms with Crippen molar-refractivity contribution in [1.29, 1.82) is 0 Å². The van der Waals surface area contributed by atoms with Gasteiger partial charge in [-0.15, -0.1) is 11.3 Å². The molecular weight excluding hydrogens is 390 g/mol. The summed E-state index contributed by atoms with van der Waals surface area (Å²) in [6, 6.07) is 24.6. The summed E-state index contributed by atoms with van der Waals surface area (Å²) in [7, 11) is 0. The van der Waals surface area contributed by atoms with Gasteiger partial charge in [0, 0.05) is 35.8 Å². The highest BCUT2D eigenvalue weighted by atomic mass is 32.1. The molecule has 0 aliphatic rings. The van der Waals surface area contributed by atoms with E-state index in [9.17, 15) is 0 Å². The van der Waals surface area contributed by atoms with E-state index in [1.54, 1.807) is 11.3 Å². The van der Waals surface area contributed by atoms with Gasteiger partial charge in [-0.3, -0.25) is 4.98 Å². The van der Waals surface area contributed by atoms with Crippen LogP contribution in [-0.2, 0) is 19.5 Å². The Hall–Kier alpha value is -3.51. The SMILES string of the molecule is c1ccc(-c2nc(CNc3nc4ccccc4n3CCc3ccccn3)cs2)cc1. The molecule has 1 N–H and O–H groups in total. The molecule has 0 aliphatic heterocycles. The van der Waals surface area contributed by atoms with Gasteiger partial charge in [0.2, 0.25) is 5.95 Å². The Kier molecular flexibility index (Phi) is 5.23. The van der Waals surface area contributed by atoms with Crippen LogP contribution >= 0.6 is 11.3 Å². The normalized spacial score (nSPS) is 11.1. The van der Waals surface area contributed by atoms with Crippen molar-refractivity contribution < 1.29 is 0 Å². The third kappa shape index (κ3) is 3.95. The van der Waals surface area contributed by atoms with Crippen LogP contribution in [0.15, 0.2) is 84.4 Å². The van der Waals surface area contributed by atoms with Gasteiger partial charge < -0.3 is 9.88 Å². The molecule has 3 aromatic heterocycles. The number of anilines is 1. The number of thiazole rings is 1. The van der Waals surface area contributed by atoms with Crippen molar-refractivity contribution in [3.8, 4) is 10.6 Å². The minimum Gasteiger partial charge on any atom is -0.350 e. The number of nitrogens with zero attached hydrogens (tertiary/aromatic N) is 4. The van der Waals surface area contributed by atoms with E-state index in [0.29, 0.717) is 6.54 Å². The predicted octanol–water partition coefficient (Wildman–Crippen LogP) is 5.41. The number of rotatable bonds is 7. The van der Waals surface area contributed by atoms with Crippen LogP contribution in [0, 0.1) is 0 Å². The topological polar surface area (TPSA) is 55.6 Å². The molecule has 30 heavy (non-hydrogen) atoms. The maximum Gasteiger partial charge on any atom is 0.204 e. The molecule has 0 fully saturated rings. The van der Waals surface area contributed by atoms with Crippen LogP contribution in [0.5, 0.6) is 0 Å². The molecule has 0 radical (unpaired) electrons. The summed E-state index contributed by atoms with van der Waals surface area (Å²) in [5, 5.41) is 6.64. The monoisotopic (exact) mass is 411 g/mol. The fourth-order valence-electron chi connectivity index (χ4n) is 3.48. The fraction of sp³-hybridized carbons (Fsp3) is 0.125. The summed E-state index contributed by atoms with van der Waals surface area (Å²) < 4.78 is 2.23. The maximum atomic E-state index is 4.81. The van der Waals surface area contributed by atoms with Crippen LogP contribution in [0.2, 0.25) is 0 Å². The molecule has 0 atom stereocenters. The lowest BCUT2D eigenvalue weighted by molar-refractivity contribution is 0.706. The van der Waals surface area contributed by atoms with Crippen molar-refractivity contribution in [2.45, 2.75) is 19.5 Å². The molecule has 3 heterocycles. The minimum atomic E-state index is 0.635. The van der Waals surface area contributed by atoms with Crippen LogP contribution < -0.4 is 5.32 Å². The molecule has 5 aromatic rings. The molecule has 0 unspecified atom stereocenters. The summed E-state index contributed by atoms with van der Waals surface area (Å²) in [5.74, 6) is 0.862. The second-order valence-electron chi connectivity index (χ2n) is 7.01. The zero-order chi connectivity index (χ0) is 20.2. The molecule has 6 heteroatoms. The highest BCUT2D eigenvalue weighted by Gasteiger charge is 2.12. The highest BCUT2D eigenvalue weighted by Crippen LogP contribution is 2.25. The first kappa shape index (κ1) is 18.5. The van der Waals surface area contributed by atoms with Crippen LogP contribution in [0.25, 0.3) is 21.6 Å². The lowest BCUT2D eigenvalue weighted by atomic mass is 10.2. The first-order valence-electron chi connectivity index (χ1n) is 9.96. The summed E-state index contributed by atoms with van der Waals surface area (Å²) in [4.78, 5) is 14.0. The van der Waals surface area contributed by atoms with E-state index in [-0.39, 0.29) is 0 Å². The molecule has 0 amide bonds. The van der Waals surface area contributed by atoms with Crippen molar-refractivity contribution in [3.05, 3.63) is 95.8 Å². The molecule has 0 spiro atoms. The molecule has 0 aliphatic carbocycles. The maximum absolute atomic E-state index is 4.81. The van der Waals surface area contributed by atoms with Gasteiger partial charge in [0.05, 0.1) is 23.3 Å². The number of aromatic nitrogens is 4. The second-order valence-corrected chi connectivity index (χ2v) is 7.87. The van der Waals surface area contributed by atoms with E-state index in [2.05, 4.69) is 50.6 Å². The minimum absolute atomic E-state index is 0.635. The Morgan fingerprint density at radius 2 is 1.67 bits per heavy atom. The summed E-state index contributed by atoms with van der Waals surface area (Å²) in [5.41, 5.74) is 5.36. The zero-order valence-electron chi connectivity index (χ0n) is 16.4. The summed E-state index contributed by atoms with van der Waals surface area (Å²) in [6.07, 6.45) is 2.69. The van der Waals surface area contributed by atoms with Gasteiger partial charge in [0.25, 0.3) is 0 Å². The van der Waals surface area contributed by atoms with Gasteiger partial charge in [0.1, 0.15) is 5.01 Å². The molecule has 2 aromatic carbocycles. The Labute approximate surface area is 179 Å². The molecule has 5 nitrogen and oxygen atoms in total. The van der Waals surface area contributed by atoms with E-state index >= 15 is 0 Å². The first-order valence-corrected chi connectivity index (χ1v) is 10.8. The lowest BCUT2D eigenvalue weighted by Gasteiger charge is -2.10. The zero-order valence-corrected chi connectivity index (χ0v) is 17.2. The van der Waals surface area contributed by atoms with Crippen molar-refractivity contribution in [3.63, 3.8) is 0 Å². The molecule has 0 saturated heterocycles. The predicted molar refractivity (Wildman–Crippen MR) is 123 cm³/mol. The molecule has 148 valence electrons. The van der Waals surface area contributed by atoms with E-state index in [1.165, 1.54) is 0 Å². The van der Waals surface area contributed by atoms with E-state index in [0.717, 1.165) is 51.9 Å². The average Bonchev–Trinajstić information content (AvgIpc) is 3.42. The quantitative estimate of drug-likeness (QED) is 0.389. The first-order chi connectivity index (χ1) is 14.9. The number of hydrogen-bond acceptors (Lipinski definition) is 5. The molecule has 0 bridgehead atoms. The van der Waals surface area contributed by atoms with Crippen molar-refractivity contribution in [1.82, 2.24) is 19.5 Å². The number of fused-ring (bicyclic) bond motifs is 1. The van der Waals surface area contributed by atoms with Gasteiger partial charge in [-0.1, -0.05) is 48.5 Å². The third-order valence-electron chi connectivity index (χ3n) is 4.97. The van der Waals surface area contributed by atoms with Crippen molar-refractivity contribution >= 4 is 28.3 Å². The summed E-state index contributed by atoms with van der Waals surface area (Å²) >= 11 is 1.67. The smallest absolute Gasteiger partial charge is 0.204 e. The van der Waals surface area contributed by atoms with Crippen LogP contribution in [-0.4, -0.2) is 19.5 Å². The number of aryl methyl sites for hydroxylation is 2.